The van der Waals surface area contributed by atoms with Gasteiger partial charge in [0.15, 0.2) is 0 Å². The van der Waals surface area contributed by atoms with E-state index in [1.54, 1.807) is 0 Å². The van der Waals surface area contributed by atoms with Crippen LogP contribution in [0.5, 0.6) is 0 Å². The molecule has 0 aliphatic rings. The van der Waals surface area contributed by atoms with Crippen LogP contribution in [0.3, 0.4) is 0 Å². The van der Waals surface area contributed by atoms with Gasteiger partial charge in [-0.15, -0.1) is 0 Å². The van der Waals surface area contributed by atoms with Crippen LogP contribution in [0.4, 0.5) is 0 Å². The summed E-state index contributed by atoms with van der Waals surface area (Å²) in [6, 6.07) is 5.70. The molecule has 7 nitrogen and oxygen atoms in total. The van der Waals surface area contributed by atoms with Gasteiger partial charge in [0, 0.05) is 25.6 Å². The Labute approximate surface area is 117 Å². The molecular formula is C12H17N3O4S. The highest BCUT2D eigenvalue weighted by Crippen LogP contribution is 2.10. The first-order valence-corrected chi connectivity index (χ1v) is 7.41. The van der Waals surface area contributed by atoms with Crippen molar-refractivity contribution in [1.82, 2.24) is 15.4 Å². The van der Waals surface area contributed by atoms with Gasteiger partial charge in [0.1, 0.15) is 0 Å². The molecule has 1 aromatic rings. The Bertz CT molecular complexity index is 598. The minimum atomic E-state index is -3.58. The second kappa shape index (κ2) is 7.01. The van der Waals surface area contributed by atoms with E-state index in [4.69, 9.17) is 0 Å². The van der Waals surface area contributed by atoms with E-state index < -0.39 is 15.9 Å². The van der Waals surface area contributed by atoms with Crippen LogP contribution in [0, 0.1) is 0 Å². The summed E-state index contributed by atoms with van der Waals surface area (Å²) in [5, 5.41) is 5.12. The van der Waals surface area contributed by atoms with Crippen LogP contribution in [0.1, 0.15) is 17.3 Å². The Kier molecular flexibility index (Phi) is 5.66. The maximum absolute atomic E-state index is 11.8. The molecule has 3 N–H and O–H groups in total. The van der Waals surface area contributed by atoms with E-state index in [0.29, 0.717) is 6.54 Å². The van der Waals surface area contributed by atoms with E-state index >= 15 is 0 Å². The third kappa shape index (κ3) is 4.63. The maximum atomic E-state index is 11.8. The first-order valence-electron chi connectivity index (χ1n) is 5.93. The number of sulfonamides is 1. The van der Waals surface area contributed by atoms with Gasteiger partial charge in [0.2, 0.25) is 15.9 Å². The zero-order valence-electron chi connectivity index (χ0n) is 11.3. The number of hydrogen-bond acceptors (Lipinski definition) is 4. The van der Waals surface area contributed by atoms with E-state index in [1.807, 2.05) is 0 Å². The summed E-state index contributed by atoms with van der Waals surface area (Å²) >= 11 is 0. The van der Waals surface area contributed by atoms with E-state index in [1.165, 1.54) is 38.2 Å². The number of carbonyl (C=O) groups excluding carboxylic acids is 2. The van der Waals surface area contributed by atoms with Gasteiger partial charge < -0.3 is 10.6 Å². The van der Waals surface area contributed by atoms with Crippen LogP contribution < -0.4 is 15.4 Å². The monoisotopic (exact) mass is 299 g/mol. The van der Waals surface area contributed by atoms with Crippen molar-refractivity contribution >= 4 is 21.8 Å². The van der Waals surface area contributed by atoms with Crippen LogP contribution in [-0.2, 0) is 14.8 Å². The molecule has 8 heteroatoms. The van der Waals surface area contributed by atoms with Crippen molar-refractivity contribution < 1.29 is 18.0 Å². The van der Waals surface area contributed by atoms with E-state index in [-0.39, 0.29) is 22.9 Å². The zero-order chi connectivity index (χ0) is 15.2. The van der Waals surface area contributed by atoms with Crippen LogP contribution in [0.15, 0.2) is 29.2 Å². The van der Waals surface area contributed by atoms with E-state index in [0.717, 1.165) is 0 Å². The predicted molar refractivity (Wildman–Crippen MR) is 73.7 cm³/mol. The third-order valence-electron chi connectivity index (χ3n) is 2.46. The molecule has 2 amide bonds. The Morgan fingerprint density at radius 1 is 1.15 bits per heavy atom. The largest absolute Gasteiger partial charge is 0.355 e. The molecule has 0 aliphatic heterocycles. The zero-order valence-corrected chi connectivity index (χ0v) is 12.1. The normalized spacial score (nSPS) is 10.9. The second-order valence-corrected chi connectivity index (χ2v) is 5.86. The number of carbonyl (C=O) groups is 2. The first-order chi connectivity index (χ1) is 9.36. The molecule has 0 saturated heterocycles. The lowest BCUT2D eigenvalue weighted by Crippen LogP contribution is -2.33. The lowest BCUT2D eigenvalue weighted by molar-refractivity contribution is -0.118. The highest BCUT2D eigenvalue weighted by Gasteiger charge is 2.13. The standard InChI is InChI=1S/C12H17N3O4S/c1-9(16)14-6-7-15-12(17)10-4-3-5-11(8-10)20(18,19)13-2/h3-5,8,13H,6-7H2,1-2H3,(H,14,16)(H,15,17). The molecule has 110 valence electrons. The second-order valence-electron chi connectivity index (χ2n) is 3.97. The summed E-state index contributed by atoms with van der Waals surface area (Å²) in [4.78, 5) is 22.5. The molecule has 1 aromatic carbocycles. The molecule has 1 rings (SSSR count). The number of hydrogen-bond donors (Lipinski definition) is 3. The summed E-state index contributed by atoms with van der Waals surface area (Å²) in [7, 11) is -2.28. The molecule has 0 heterocycles. The summed E-state index contributed by atoms with van der Waals surface area (Å²) in [6.45, 7) is 1.96. The fraction of sp³-hybridized carbons (Fsp3) is 0.333. The summed E-state index contributed by atoms with van der Waals surface area (Å²) in [5.41, 5.74) is 0.240. The molecule has 20 heavy (non-hydrogen) atoms. The minimum Gasteiger partial charge on any atom is -0.355 e. The fourth-order valence-corrected chi connectivity index (χ4v) is 2.21. The SMILES string of the molecule is CNS(=O)(=O)c1cccc(C(=O)NCCNC(C)=O)c1. The summed E-state index contributed by atoms with van der Waals surface area (Å²) < 4.78 is 25.4. The highest BCUT2D eigenvalue weighted by atomic mass is 32.2. The first kappa shape index (κ1) is 16.1. The van der Waals surface area contributed by atoms with Gasteiger partial charge in [-0.25, -0.2) is 13.1 Å². The Hall–Kier alpha value is -1.93. The van der Waals surface area contributed by atoms with Gasteiger partial charge in [0.05, 0.1) is 4.90 Å². The van der Waals surface area contributed by atoms with Gasteiger partial charge in [-0.2, -0.15) is 0 Å². The smallest absolute Gasteiger partial charge is 0.251 e. The fourth-order valence-electron chi connectivity index (χ4n) is 1.44. The molecule has 0 spiro atoms. The van der Waals surface area contributed by atoms with Gasteiger partial charge >= 0.3 is 0 Å². The van der Waals surface area contributed by atoms with Crippen molar-refractivity contribution in [3.05, 3.63) is 29.8 Å². The lowest BCUT2D eigenvalue weighted by Gasteiger charge is -2.07. The number of benzene rings is 1. The van der Waals surface area contributed by atoms with E-state index in [2.05, 4.69) is 15.4 Å². The number of nitrogens with one attached hydrogen (secondary N) is 3. The van der Waals surface area contributed by atoms with Crippen molar-refractivity contribution in [3.8, 4) is 0 Å². The van der Waals surface area contributed by atoms with Crippen LogP contribution >= 0.6 is 0 Å². The lowest BCUT2D eigenvalue weighted by atomic mass is 10.2. The molecule has 0 unspecified atom stereocenters. The van der Waals surface area contributed by atoms with Crippen molar-refractivity contribution in [3.63, 3.8) is 0 Å². The van der Waals surface area contributed by atoms with Crippen LogP contribution in [0.2, 0.25) is 0 Å². The molecule has 0 aromatic heterocycles. The molecule has 0 radical (unpaired) electrons. The van der Waals surface area contributed by atoms with Crippen molar-refractivity contribution in [1.29, 1.82) is 0 Å². The summed E-state index contributed by atoms with van der Waals surface area (Å²) in [5.74, 6) is -0.579. The van der Waals surface area contributed by atoms with Crippen LogP contribution in [-0.4, -0.2) is 40.4 Å². The average molecular weight is 299 g/mol. The van der Waals surface area contributed by atoms with Gasteiger partial charge in [-0.3, -0.25) is 9.59 Å². The molecule has 0 atom stereocenters. The van der Waals surface area contributed by atoms with Gasteiger partial charge in [-0.1, -0.05) is 6.07 Å². The molecule has 0 aliphatic carbocycles. The Balaban J connectivity index is 2.70. The number of amides is 2. The van der Waals surface area contributed by atoms with Crippen molar-refractivity contribution in [2.24, 2.45) is 0 Å². The maximum Gasteiger partial charge on any atom is 0.251 e. The molecule has 0 fully saturated rings. The molecule has 0 bridgehead atoms. The average Bonchev–Trinajstić information content (AvgIpc) is 2.43. The Morgan fingerprint density at radius 3 is 2.40 bits per heavy atom. The highest BCUT2D eigenvalue weighted by molar-refractivity contribution is 7.89. The molecule has 0 saturated carbocycles. The minimum absolute atomic E-state index is 0.0227. The predicted octanol–water partition coefficient (Wildman–Crippen LogP) is -0.539. The van der Waals surface area contributed by atoms with Crippen LogP contribution in [0.25, 0.3) is 0 Å². The van der Waals surface area contributed by atoms with E-state index in [9.17, 15) is 18.0 Å². The van der Waals surface area contributed by atoms with Gasteiger partial charge in [-0.05, 0) is 25.2 Å². The number of rotatable bonds is 6. The Morgan fingerprint density at radius 2 is 1.80 bits per heavy atom. The molecular weight excluding hydrogens is 282 g/mol. The van der Waals surface area contributed by atoms with Crippen molar-refractivity contribution in [2.75, 3.05) is 20.1 Å². The topological polar surface area (TPSA) is 104 Å². The summed E-state index contributed by atoms with van der Waals surface area (Å²) in [6.07, 6.45) is 0. The van der Waals surface area contributed by atoms with Gasteiger partial charge in [0.25, 0.3) is 5.91 Å². The quantitative estimate of drug-likeness (QED) is 0.614. The third-order valence-corrected chi connectivity index (χ3v) is 3.87. The van der Waals surface area contributed by atoms with Crippen molar-refractivity contribution in [2.45, 2.75) is 11.8 Å².